The molecule has 1 spiro atoms. The third-order valence-corrected chi connectivity index (χ3v) is 6.34. The van der Waals surface area contributed by atoms with Crippen molar-refractivity contribution in [3.63, 3.8) is 0 Å². The summed E-state index contributed by atoms with van der Waals surface area (Å²) < 4.78 is 0. The topological polar surface area (TPSA) is 68.8 Å². The zero-order chi connectivity index (χ0) is 19.8. The highest BCUT2D eigenvalue weighted by Crippen LogP contribution is 2.39. The second kappa shape index (κ2) is 7.15. The molecular weight excluding hydrogens is 366 g/mol. The average molecular weight is 391 g/mol. The predicted molar refractivity (Wildman–Crippen MR) is 109 cm³/mol. The van der Waals surface area contributed by atoms with Gasteiger partial charge in [0.25, 0.3) is 5.91 Å². The van der Waals surface area contributed by atoms with Crippen LogP contribution in [0.25, 0.3) is 0 Å². The number of hydrogen-bond acceptors (Lipinski definition) is 5. The van der Waals surface area contributed by atoms with Crippen molar-refractivity contribution in [1.29, 1.82) is 0 Å². The van der Waals surface area contributed by atoms with Gasteiger partial charge in [0.2, 0.25) is 0 Å². The van der Waals surface area contributed by atoms with Crippen molar-refractivity contribution in [2.75, 3.05) is 37.7 Å². The van der Waals surface area contributed by atoms with E-state index < -0.39 is 5.54 Å². The summed E-state index contributed by atoms with van der Waals surface area (Å²) in [5.74, 6) is 0.863. The Labute approximate surface area is 170 Å². The average Bonchev–Trinajstić information content (AvgIpc) is 3.00. The zero-order valence-electron chi connectivity index (χ0n) is 16.4. The number of hydrogen-bond donors (Lipinski definition) is 1. The summed E-state index contributed by atoms with van der Waals surface area (Å²) in [4.78, 5) is 36.4. The predicted octanol–water partition coefficient (Wildman–Crippen LogP) is 1.94. The van der Waals surface area contributed by atoms with Gasteiger partial charge < -0.3 is 10.2 Å². The number of anilines is 1. The Bertz CT molecular complexity index is 926. The van der Waals surface area contributed by atoms with Gasteiger partial charge in [0, 0.05) is 32.4 Å². The van der Waals surface area contributed by atoms with Crippen LogP contribution < -0.4 is 10.2 Å². The van der Waals surface area contributed by atoms with Crippen LogP contribution in [0, 0.1) is 0 Å². The lowest BCUT2D eigenvalue weighted by molar-refractivity contribution is -0.133. The minimum atomic E-state index is -0.887. The van der Waals surface area contributed by atoms with Crippen LogP contribution in [0.5, 0.6) is 0 Å². The van der Waals surface area contributed by atoms with Gasteiger partial charge in [0.15, 0.2) is 0 Å². The first kappa shape index (κ1) is 18.1. The van der Waals surface area contributed by atoms with Gasteiger partial charge >= 0.3 is 6.03 Å². The van der Waals surface area contributed by atoms with Gasteiger partial charge in [-0.15, -0.1) is 0 Å². The molecule has 7 heteroatoms. The van der Waals surface area contributed by atoms with Crippen LogP contribution in [0.15, 0.2) is 48.7 Å². The minimum absolute atomic E-state index is 0.109. The lowest BCUT2D eigenvalue weighted by Gasteiger charge is -2.37. The molecule has 2 fully saturated rings. The van der Waals surface area contributed by atoms with Gasteiger partial charge in [-0.1, -0.05) is 30.3 Å². The van der Waals surface area contributed by atoms with Crippen molar-refractivity contribution in [1.82, 2.24) is 20.1 Å². The van der Waals surface area contributed by atoms with Gasteiger partial charge in [0.1, 0.15) is 11.4 Å². The van der Waals surface area contributed by atoms with Crippen molar-refractivity contribution >= 4 is 17.8 Å². The fourth-order valence-electron chi connectivity index (χ4n) is 4.80. The molecule has 29 heavy (non-hydrogen) atoms. The number of nitrogens with one attached hydrogen (secondary N) is 1. The fraction of sp³-hybridized carbons (Fsp3) is 0.409. The number of aromatic nitrogens is 1. The number of aryl methyl sites for hydroxylation is 1. The van der Waals surface area contributed by atoms with Crippen LogP contribution in [0.1, 0.15) is 24.0 Å². The standard InChI is InChI=1S/C22H25N5O2/c28-20-22(10-5-7-17-6-1-2-8-18(17)22)24-21(29)27(20)16-25-12-14-26(15-13-25)19-9-3-4-11-23-19/h1-4,6,8-9,11H,5,7,10,12-16H2,(H,24,29)/t22-/m0/s1. The highest BCUT2D eigenvalue weighted by molar-refractivity contribution is 6.07. The molecule has 1 aromatic carbocycles. The van der Waals surface area contributed by atoms with Crippen LogP contribution in [-0.4, -0.2) is 59.6 Å². The molecule has 5 rings (SSSR count). The Morgan fingerprint density at radius 3 is 2.59 bits per heavy atom. The number of pyridine rings is 1. The van der Waals surface area contributed by atoms with Gasteiger partial charge in [-0.25, -0.2) is 14.7 Å². The first-order valence-electron chi connectivity index (χ1n) is 10.3. The van der Waals surface area contributed by atoms with Gasteiger partial charge in [0.05, 0.1) is 6.67 Å². The van der Waals surface area contributed by atoms with Crippen LogP contribution >= 0.6 is 0 Å². The normalized spacial score (nSPS) is 24.7. The maximum atomic E-state index is 13.4. The number of carbonyl (C=O) groups excluding carboxylic acids is 2. The van der Waals surface area contributed by atoms with E-state index in [9.17, 15) is 9.59 Å². The van der Waals surface area contributed by atoms with Crippen LogP contribution in [-0.2, 0) is 16.8 Å². The number of amides is 3. The Morgan fingerprint density at radius 2 is 1.79 bits per heavy atom. The molecule has 3 heterocycles. The number of fused-ring (bicyclic) bond motifs is 2. The lowest BCUT2D eigenvalue weighted by Crippen LogP contribution is -2.52. The van der Waals surface area contributed by atoms with Crippen molar-refractivity contribution in [3.8, 4) is 0 Å². The number of nitrogens with zero attached hydrogens (tertiary/aromatic N) is 4. The van der Waals surface area contributed by atoms with E-state index in [2.05, 4.69) is 26.2 Å². The second-order valence-corrected chi connectivity index (χ2v) is 8.01. The summed E-state index contributed by atoms with van der Waals surface area (Å²) in [6.45, 7) is 3.57. The SMILES string of the molecule is O=C1N[C@]2(CCCc3ccccc32)C(=O)N1CN1CCN(c2ccccn2)CC1. The Morgan fingerprint density at radius 1 is 1.00 bits per heavy atom. The van der Waals surface area contributed by atoms with E-state index >= 15 is 0 Å². The highest BCUT2D eigenvalue weighted by atomic mass is 16.2. The molecule has 3 aliphatic rings. The molecule has 0 unspecified atom stereocenters. The smallest absolute Gasteiger partial charge is 0.326 e. The van der Waals surface area contributed by atoms with Gasteiger partial charge in [-0.3, -0.25) is 9.69 Å². The summed E-state index contributed by atoms with van der Waals surface area (Å²) in [6.07, 6.45) is 4.32. The van der Waals surface area contributed by atoms with Crippen LogP contribution in [0.4, 0.5) is 10.6 Å². The summed E-state index contributed by atoms with van der Waals surface area (Å²) in [6, 6.07) is 13.6. The number of urea groups is 1. The first-order valence-corrected chi connectivity index (χ1v) is 10.3. The molecule has 2 saturated heterocycles. The molecule has 1 atom stereocenters. The van der Waals surface area contributed by atoms with Crippen molar-refractivity contribution in [3.05, 3.63) is 59.8 Å². The number of carbonyl (C=O) groups is 2. The molecule has 1 aliphatic carbocycles. The number of imide groups is 1. The molecule has 0 saturated carbocycles. The summed E-state index contributed by atoms with van der Waals surface area (Å²) in [5, 5.41) is 3.04. The molecule has 1 aromatic heterocycles. The van der Waals surface area contributed by atoms with Crippen molar-refractivity contribution in [2.45, 2.75) is 24.8 Å². The van der Waals surface area contributed by atoms with E-state index in [0.717, 1.165) is 50.4 Å². The molecule has 1 N–H and O–H groups in total. The third kappa shape index (κ3) is 3.06. The fourth-order valence-corrected chi connectivity index (χ4v) is 4.80. The number of rotatable bonds is 3. The second-order valence-electron chi connectivity index (χ2n) is 8.01. The van der Waals surface area contributed by atoms with Crippen molar-refractivity contribution in [2.24, 2.45) is 0 Å². The largest absolute Gasteiger partial charge is 0.354 e. The Kier molecular flexibility index (Phi) is 4.47. The van der Waals surface area contributed by atoms with Crippen molar-refractivity contribution < 1.29 is 9.59 Å². The number of benzene rings is 1. The monoisotopic (exact) mass is 391 g/mol. The Balaban J connectivity index is 1.29. The van der Waals surface area contributed by atoms with Gasteiger partial charge in [-0.05, 0) is 42.5 Å². The zero-order valence-corrected chi connectivity index (χ0v) is 16.4. The third-order valence-electron chi connectivity index (χ3n) is 6.34. The highest BCUT2D eigenvalue weighted by Gasteiger charge is 2.54. The molecule has 2 aromatic rings. The van der Waals surface area contributed by atoms with Crippen LogP contribution in [0.3, 0.4) is 0 Å². The maximum absolute atomic E-state index is 13.4. The summed E-state index contributed by atoms with van der Waals surface area (Å²) in [5.41, 5.74) is 1.24. The molecule has 2 aliphatic heterocycles. The molecular formula is C22H25N5O2. The quantitative estimate of drug-likeness (QED) is 0.810. The van der Waals surface area contributed by atoms with E-state index in [-0.39, 0.29) is 11.9 Å². The first-order chi connectivity index (χ1) is 14.2. The number of piperazine rings is 1. The van der Waals surface area contributed by atoms with Gasteiger partial charge in [-0.2, -0.15) is 0 Å². The van der Waals surface area contributed by atoms with E-state index in [1.54, 1.807) is 6.20 Å². The minimum Gasteiger partial charge on any atom is -0.354 e. The lowest BCUT2D eigenvalue weighted by atomic mass is 9.76. The maximum Gasteiger partial charge on any atom is 0.326 e. The molecule has 7 nitrogen and oxygen atoms in total. The van der Waals surface area contributed by atoms with E-state index in [1.165, 1.54) is 10.5 Å². The van der Waals surface area contributed by atoms with E-state index in [4.69, 9.17) is 0 Å². The van der Waals surface area contributed by atoms with E-state index in [0.29, 0.717) is 13.1 Å². The van der Waals surface area contributed by atoms with E-state index in [1.807, 2.05) is 36.4 Å². The Hall–Kier alpha value is -2.93. The summed E-state index contributed by atoms with van der Waals surface area (Å²) >= 11 is 0. The molecule has 0 bridgehead atoms. The summed E-state index contributed by atoms with van der Waals surface area (Å²) in [7, 11) is 0. The van der Waals surface area contributed by atoms with Crippen LogP contribution in [0.2, 0.25) is 0 Å². The molecule has 0 radical (unpaired) electrons. The molecule has 3 amide bonds. The molecule has 150 valence electrons.